The predicted octanol–water partition coefficient (Wildman–Crippen LogP) is 3.04. The third-order valence-electron chi connectivity index (χ3n) is 5.31. The number of rotatable bonds is 8. The summed E-state index contributed by atoms with van der Waals surface area (Å²) in [4.78, 5) is 30.0. The van der Waals surface area contributed by atoms with Crippen LogP contribution < -0.4 is 19.7 Å². The molecule has 0 spiro atoms. The molecule has 2 aromatic carbocycles. The van der Waals surface area contributed by atoms with E-state index in [-0.39, 0.29) is 18.2 Å². The van der Waals surface area contributed by atoms with Gasteiger partial charge in [0.1, 0.15) is 11.5 Å². The molecule has 2 N–H and O–H groups in total. The number of fused-ring (bicyclic) bond motifs is 1. The van der Waals surface area contributed by atoms with Crippen molar-refractivity contribution in [1.82, 2.24) is 10.3 Å². The number of amides is 2. The van der Waals surface area contributed by atoms with Gasteiger partial charge in [0.25, 0.3) is 5.91 Å². The Hall–Kier alpha value is -3.32. The molecule has 1 fully saturated rings. The van der Waals surface area contributed by atoms with Crippen molar-refractivity contribution in [2.75, 3.05) is 25.2 Å². The van der Waals surface area contributed by atoms with E-state index in [1.807, 2.05) is 37.4 Å². The topological polar surface area (TPSA) is 83.7 Å². The van der Waals surface area contributed by atoms with Gasteiger partial charge >= 0.3 is 0 Å². The molecule has 0 bridgehead atoms. The standard InChI is InChI=1S/C23H25N3O4/c1-3-30-21-7-5-4-6-20(21)26-22(27)13-19(23(26)28)24-11-10-15-14-25-18-9-8-16(29-2)12-17(15)18/h4-9,12,14,19,24-25H,3,10-11,13H2,1-2H3/t19-/m1/s1. The van der Waals surface area contributed by atoms with Crippen LogP contribution in [0.15, 0.2) is 48.7 Å². The average Bonchev–Trinajstić information content (AvgIpc) is 3.28. The fourth-order valence-corrected chi connectivity index (χ4v) is 3.84. The smallest absolute Gasteiger partial charge is 0.251 e. The van der Waals surface area contributed by atoms with Crippen LogP contribution in [-0.2, 0) is 16.0 Å². The maximum Gasteiger partial charge on any atom is 0.251 e. The SMILES string of the molecule is CCOc1ccccc1N1C(=O)C[C@@H](NCCc2c[nH]c3ccc(OC)cc23)C1=O. The van der Waals surface area contributed by atoms with Crippen molar-refractivity contribution in [1.29, 1.82) is 0 Å². The first kappa shape index (κ1) is 20.0. The van der Waals surface area contributed by atoms with Gasteiger partial charge < -0.3 is 19.8 Å². The molecule has 2 heterocycles. The molecule has 2 amide bonds. The second-order valence-electron chi connectivity index (χ2n) is 7.15. The molecule has 7 heteroatoms. The fraction of sp³-hybridized carbons (Fsp3) is 0.304. The molecule has 3 aromatic rings. The second kappa shape index (κ2) is 8.59. The molecule has 4 rings (SSSR count). The summed E-state index contributed by atoms with van der Waals surface area (Å²) in [7, 11) is 1.65. The Morgan fingerprint density at radius 2 is 2.03 bits per heavy atom. The minimum atomic E-state index is -0.535. The lowest BCUT2D eigenvalue weighted by atomic mass is 10.1. The van der Waals surface area contributed by atoms with E-state index < -0.39 is 6.04 Å². The van der Waals surface area contributed by atoms with Crippen LogP contribution in [0.25, 0.3) is 10.9 Å². The maximum atomic E-state index is 12.9. The molecule has 30 heavy (non-hydrogen) atoms. The number of hydrogen-bond donors (Lipinski definition) is 2. The summed E-state index contributed by atoms with van der Waals surface area (Å²) in [6, 6.07) is 12.5. The van der Waals surface area contributed by atoms with E-state index in [2.05, 4.69) is 10.3 Å². The lowest BCUT2D eigenvalue weighted by Gasteiger charge is -2.18. The number of H-pyrrole nitrogens is 1. The van der Waals surface area contributed by atoms with Gasteiger partial charge in [0, 0.05) is 23.6 Å². The Kier molecular flexibility index (Phi) is 5.72. The number of hydrogen-bond acceptors (Lipinski definition) is 5. The number of methoxy groups -OCH3 is 1. The Balaban J connectivity index is 1.43. The Morgan fingerprint density at radius 3 is 2.83 bits per heavy atom. The van der Waals surface area contributed by atoms with Crippen molar-refractivity contribution in [2.45, 2.75) is 25.8 Å². The van der Waals surface area contributed by atoms with E-state index in [1.54, 1.807) is 25.3 Å². The largest absolute Gasteiger partial charge is 0.497 e. The monoisotopic (exact) mass is 407 g/mol. The van der Waals surface area contributed by atoms with Gasteiger partial charge in [0.05, 0.1) is 31.9 Å². The summed E-state index contributed by atoms with van der Waals surface area (Å²) >= 11 is 0. The zero-order valence-corrected chi connectivity index (χ0v) is 17.1. The molecule has 156 valence electrons. The molecule has 7 nitrogen and oxygen atoms in total. The van der Waals surface area contributed by atoms with E-state index in [0.717, 1.165) is 28.6 Å². The zero-order valence-electron chi connectivity index (χ0n) is 17.1. The number of aromatic nitrogens is 1. The van der Waals surface area contributed by atoms with Crippen LogP contribution in [0.2, 0.25) is 0 Å². The number of para-hydroxylation sites is 2. The van der Waals surface area contributed by atoms with Crippen LogP contribution in [0.3, 0.4) is 0 Å². The van der Waals surface area contributed by atoms with Gasteiger partial charge in [-0.05, 0) is 49.2 Å². The predicted molar refractivity (Wildman–Crippen MR) is 115 cm³/mol. The number of benzene rings is 2. The van der Waals surface area contributed by atoms with Gasteiger partial charge in [-0.2, -0.15) is 0 Å². The van der Waals surface area contributed by atoms with Gasteiger partial charge in [-0.15, -0.1) is 0 Å². The number of carbonyl (C=O) groups is 2. The molecule has 0 saturated carbocycles. The second-order valence-corrected chi connectivity index (χ2v) is 7.15. The van der Waals surface area contributed by atoms with Crippen molar-refractivity contribution >= 4 is 28.4 Å². The van der Waals surface area contributed by atoms with E-state index in [4.69, 9.17) is 9.47 Å². The van der Waals surface area contributed by atoms with E-state index in [1.165, 1.54) is 4.90 Å². The van der Waals surface area contributed by atoms with Crippen molar-refractivity contribution in [3.63, 3.8) is 0 Å². The first-order valence-corrected chi connectivity index (χ1v) is 10.1. The number of carbonyl (C=O) groups excluding carboxylic acids is 2. The summed E-state index contributed by atoms with van der Waals surface area (Å²) in [6.45, 7) is 2.91. The van der Waals surface area contributed by atoms with Gasteiger partial charge in [-0.25, -0.2) is 4.90 Å². The summed E-state index contributed by atoms with van der Waals surface area (Å²) < 4.78 is 10.9. The van der Waals surface area contributed by atoms with Gasteiger partial charge in [0.2, 0.25) is 5.91 Å². The van der Waals surface area contributed by atoms with Gasteiger partial charge in [0.15, 0.2) is 0 Å². The van der Waals surface area contributed by atoms with Crippen molar-refractivity contribution in [2.24, 2.45) is 0 Å². The highest BCUT2D eigenvalue weighted by atomic mass is 16.5. The summed E-state index contributed by atoms with van der Waals surface area (Å²) in [5.41, 5.74) is 2.67. The highest BCUT2D eigenvalue weighted by Crippen LogP contribution is 2.32. The lowest BCUT2D eigenvalue weighted by molar-refractivity contribution is -0.121. The highest BCUT2D eigenvalue weighted by molar-refractivity contribution is 6.23. The van der Waals surface area contributed by atoms with Crippen LogP contribution in [0.5, 0.6) is 11.5 Å². The molecule has 1 saturated heterocycles. The molecule has 0 unspecified atom stereocenters. The first-order chi connectivity index (χ1) is 14.6. The van der Waals surface area contributed by atoms with Crippen molar-refractivity contribution < 1.29 is 19.1 Å². The number of ether oxygens (including phenoxy) is 2. The molecule has 0 aliphatic carbocycles. The molecule has 1 aliphatic rings. The Labute approximate surface area is 175 Å². The Morgan fingerprint density at radius 1 is 1.20 bits per heavy atom. The van der Waals surface area contributed by atoms with Gasteiger partial charge in [-0.3, -0.25) is 9.59 Å². The van der Waals surface area contributed by atoms with Crippen LogP contribution in [0.4, 0.5) is 5.69 Å². The molecule has 1 aliphatic heterocycles. The van der Waals surface area contributed by atoms with E-state index in [0.29, 0.717) is 24.6 Å². The van der Waals surface area contributed by atoms with E-state index >= 15 is 0 Å². The minimum absolute atomic E-state index is 0.140. The number of nitrogens with zero attached hydrogens (tertiary/aromatic N) is 1. The first-order valence-electron chi connectivity index (χ1n) is 10.1. The summed E-state index contributed by atoms with van der Waals surface area (Å²) in [5, 5.41) is 4.34. The summed E-state index contributed by atoms with van der Waals surface area (Å²) in [5.74, 6) is 0.876. The fourth-order valence-electron chi connectivity index (χ4n) is 3.84. The zero-order chi connectivity index (χ0) is 21.1. The molecular weight excluding hydrogens is 382 g/mol. The molecule has 1 aromatic heterocycles. The molecular formula is C23H25N3O4. The number of imide groups is 1. The van der Waals surface area contributed by atoms with Gasteiger partial charge in [-0.1, -0.05) is 12.1 Å². The molecule has 0 radical (unpaired) electrons. The van der Waals surface area contributed by atoms with Crippen LogP contribution in [0.1, 0.15) is 18.9 Å². The van der Waals surface area contributed by atoms with E-state index in [9.17, 15) is 9.59 Å². The maximum absolute atomic E-state index is 12.9. The number of anilines is 1. The third-order valence-corrected chi connectivity index (χ3v) is 5.31. The third kappa shape index (κ3) is 3.76. The number of aromatic amines is 1. The van der Waals surface area contributed by atoms with Crippen molar-refractivity contribution in [3.8, 4) is 11.5 Å². The van der Waals surface area contributed by atoms with Crippen molar-refractivity contribution in [3.05, 3.63) is 54.2 Å². The Bertz CT molecular complexity index is 1080. The highest BCUT2D eigenvalue weighted by Gasteiger charge is 2.40. The summed E-state index contributed by atoms with van der Waals surface area (Å²) in [6.07, 6.45) is 2.83. The van der Waals surface area contributed by atoms with Crippen LogP contribution in [-0.4, -0.2) is 43.1 Å². The molecule has 1 atom stereocenters. The average molecular weight is 407 g/mol. The number of nitrogens with one attached hydrogen (secondary N) is 2. The lowest BCUT2D eigenvalue weighted by Crippen LogP contribution is -2.39. The quantitative estimate of drug-likeness (QED) is 0.561. The minimum Gasteiger partial charge on any atom is -0.497 e. The van der Waals surface area contributed by atoms with Crippen LogP contribution in [0, 0.1) is 0 Å². The normalized spacial score (nSPS) is 16.5. The van der Waals surface area contributed by atoms with Crippen LogP contribution >= 0.6 is 0 Å².